The van der Waals surface area contributed by atoms with E-state index in [0.29, 0.717) is 12.2 Å². The Bertz CT molecular complexity index is 696. The normalized spacial score (nSPS) is 18.5. The number of ether oxygens (including phenoxy) is 1. The molecule has 0 spiro atoms. The van der Waals surface area contributed by atoms with Crippen molar-refractivity contribution in [3.05, 3.63) is 70.8 Å². The lowest BCUT2D eigenvalue weighted by Crippen LogP contribution is -2.37. The van der Waals surface area contributed by atoms with E-state index in [-0.39, 0.29) is 6.10 Å². The second kappa shape index (κ2) is 7.60. The van der Waals surface area contributed by atoms with Crippen LogP contribution in [0.25, 0.3) is 0 Å². The maximum atomic E-state index is 11.1. The molecule has 1 atom stereocenters. The van der Waals surface area contributed by atoms with Crippen LogP contribution in [0.4, 0.5) is 0 Å². The summed E-state index contributed by atoms with van der Waals surface area (Å²) < 4.78 is 5.93. The quantitative estimate of drug-likeness (QED) is 0.914. The van der Waals surface area contributed by atoms with Crippen molar-refractivity contribution in [2.24, 2.45) is 0 Å². The number of aromatic carboxylic acids is 1. The smallest absolute Gasteiger partial charge is 0.335 e. The molecule has 0 radical (unpaired) electrons. The molecule has 0 saturated carbocycles. The third-order valence-corrected chi connectivity index (χ3v) is 4.49. The van der Waals surface area contributed by atoms with Crippen LogP contribution in [0.15, 0.2) is 48.5 Å². The number of aryl methyl sites for hydroxylation is 1. The Morgan fingerprint density at radius 1 is 1.21 bits per heavy atom. The van der Waals surface area contributed by atoms with Crippen molar-refractivity contribution in [2.45, 2.75) is 26.0 Å². The summed E-state index contributed by atoms with van der Waals surface area (Å²) in [5.41, 5.74) is 3.90. The van der Waals surface area contributed by atoms with Gasteiger partial charge in [-0.25, -0.2) is 4.79 Å². The molecule has 4 heteroatoms. The number of benzene rings is 2. The number of rotatable bonds is 5. The molecule has 1 saturated heterocycles. The molecular formula is C20H23NO3. The van der Waals surface area contributed by atoms with Crippen molar-refractivity contribution in [2.75, 3.05) is 19.7 Å². The van der Waals surface area contributed by atoms with Crippen LogP contribution in [0.3, 0.4) is 0 Å². The van der Waals surface area contributed by atoms with Crippen LogP contribution in [-0.2, 0) is 17.7 Å². The standard InChI is InChI=1S/C20H23NO3/c1-2-15-6-8-17(9-7-15)19-14-21(10-11-24-19)13-16-4-3-5-18(12-16)20(22)23/h3-9,12,19H,2,10-11,13-14H2,1H3,(H,22,23). The van der Waals surface area contributed by atoms with E-state index in [1.54, 1.807) is 18.2 Å². The van der Waals surface area contributed by atoms with Gasteiger partial charge in [0.05, 0.1) is 18.3 Å². The van der Waals surface area contributed by atoms with Crippen molar-refractivity contribution >= 4 is 5.97 Å². The molecule has 1 unspecified atom stereocenters. The number of hydrogen-bond acceptors (Lipinski definition) is 3. The van der Waals surface area contributed by atoms with Gasteiger partial charge >= 0.3 is 5.97 Å². The maximum absolute atomic E-state index is 11.1. The number of carboxylic acids is 1. The summed E-state index contributed by atoms with van der Waals surface area (Å²) in [5, 5.41) is 9.11. The van der Waals surface area contributed by atoms with E-state index in [9.17, 15) is 4.79 Å². The van der Waals surface area contributed by atoms with Crippen molar-refractivity contribution < 1.29 is 14.6 Å². The first kappa shape index (κ1) is 16.7. The van der Waals surface area contributed by atoms with E-state index >= 15 is 0 Å². The van der Waals surface area contributed by atoms with Crippen molar-refractivity contribution in [1.29, 1.82) is 0 Å². The summed E-state index contributed by atoms with van der Waals surface area (Å²) in [7, 11) is 0. The summed E-state index contributed by atoms with van der Waals surface area (Å²) in [6, 6.07) is 15.8. The minimum atomic E-state index is -0.882. The summed E-state index contributed by atoms with van der Waals surface area (Å²) in [6.07, 6.45) is 1.12. The molecule has 3 rings (SSSR count). The van der Waals surface area contributed by atoms with Crippen LogP contribution in [-0.4, -0.2) is 35.7 Å². The Morgan fingerprint density at radius 3 is 2.71 bits per heavy atom. The zero-order valence-electron chi connectivity index (χ0n) is 13.9. The van der Waals surface area contributed by atoms with E-state index < -0.39 is 5.97 Å². The molecule has 1 aliphatic rings. The Balaban J connectivity index is 1.66. The lowest BCUT2D eigenvalue weighted by atomic mass is 10.0. The topological polar surface area (TPSA) is 49.8 Å². The van der Waals surface area contributed by atoms with Crippen LogP contribution in [0, 0.1) is 0 Å². The number of carboxylic acid groups (broad SMARTS) is 1. The number of carbonyl (C=O) groups is 1. The lowest BCUT2D eigenvalue weighted by molar-refractivity contribution is -0.0329. The van der Waals surface area contributed by atoms with E-state index in [1.165, 1.54) is 11.1 Å². The molecule has 0 aliphatic carbocycles. The van der Waals surface area contributed by atoms with Gasteiger partial charge in [-0.1, -0.05) is 43.3 Å². The average Bonchev–Trinajstić information content (AvgIpc) is 2.62. The minimum Gasteiger partial charge on any atom is -0.478 e. The van der Waals surface area contributed by atoms with Gasteiger partial charge in [-0.3, -0.25) is 4.90 Å². The Morgan fingerprint density at radius 2 is 2.00 bits per heavy atom. The third-order valence-electron chi connectivity index (χ3n) is 4.49. The van der Waals surface area contributed by atoms with Crippen LogP contribution in [0.2, 0.25) is 0 Å². The summed E-state index contributed by atoms with van der Waals surface area (Å²) >= 11 is 0. The second-order valence-electron chi connectivity index (χ2n) is 6.20. The van der Waals surface area contributed by atoms with Gasteiger partial charge in [-0.15, -0.1) is 0 Å². The third kappa shape index (κ3) is 4.02. The molecular weight excluding hydrogens is 302 g/mol. The monoisotopic (exact) mass is 325 g/mol. The Labute approximate surface area is 142 Å². The number of morpholine rings is 1. The molecule has 0 amide bonds. The fourth-order valence-electron chi connectivity index (χ4n) is 3.08. The van der Waals surface area contributed by atoms with Gasteiger partial charge < -0.3 is 9.84 Å². The molecule has 2 aromatic rings. The summed E-state index contributed by atoms with van der Waals surface area (Å²) in [4.78, 5) is 13.4. The van der Waals surface area contributed by atoms with Gasteiger partial charge in [0.25, 0.3) is 0 Å². The van der Waals surface area contributed by atoms with Gasteiger partial charge in [0.2, 0.25) is 0 Å². The predicted octanol–water partition coefficient (Wildman–Crippen LogP) is 3.52. The average molecular weight is 325 g/mol. The van der Waals surface area contributed by atoms with Gasteiger partial charge in [-0.2, -0.15) is 0 Å². The molecule has 1 N–H and O–H groups in total. The molecule has 4 nitrogen and oxygen atoms in total. The first-order chi connectivity index (χ1) is 11.7. The Hall–Kier alpha value is -2.17. The second-order valence-corrected chi connectivity index (χ2v) is 6.20. The minimum absolute atomic E-state index is 0.0762. The molecule has 2 aromatic carbocycles. The molecule has 1 heterocycles. The highest BCUT2D eigenvalue weighted by Crippen LogP contribution is 2.24. The zero-order valence-corrected chi connectivity index (χ0v) is 13.9. The Kier molecular flexibility index (Phi) is 5.28. The molecule has 126 valence electrons. The highest BCUT2D eigenvalue weighted by Gasteiger charge is 2.22. The molecule has 0 aromatic heterocycles. The summed E-state index contributed by atoms with van der Waals surface area (Å²) in [6.45, 7) is 5.27. The first-order valence-corrected chi connectivity index (χ1v) is 8.40. The van der Waals surface area contributed by atoms with E-state index in [4.69, 9.17) is 9.84 Å². The van der Waals surface area contributed by atoms with E-state index in [2.05, 4.69) is 36.1 Å². The van der Waals surface area contributed by atoms with E-state index in [0.717, 1.165) is 31.6 Å². The largest absolute Gasteiger partial charge is 0.478 e. The SMILES string of the molecule is CCc1ccc(C2CN(Cc3cccc(C(=O)O)c3)CCO2)cc1. The van der Waals surface area contributed by atoms with Crippen LogP contribution >= 0.6 is 0 Å². The number of nitrogens with zero attached hydrogens (tertiary/aromatic N) is 1. The highest BCUT2D eigenvalue weighted by atomic mass is 16.5. The van der Waals surface area contributed by atoms with Gasteiger partial charge in [0.1, 0.15) is 0 Å². The lowest BCUT2D eigenvalue weighted by Gasteiger charge is -2.33. The van der Waals surface area contributed by atoms with Gasteiger partial charge in [0, 0.05) is 19.6 Å². The zero-order chi connectivity index (χ0) is 16.9. The fourth-order valence-corrected chi connectivity index (χ4v) is 3.08. The molecule has 1 aliphatic heterocycles. The van der Waals surface area contributed by atoms with Crippen molar-refractivity contribution in [1.82, 2.24) is 4.90 Å². The van der Waals surface area contributed by atoms with E-state index in [1.807, 2.05) is 6.07 Å². The van der Waals surface area contributed by atoms with Gasteiger partial charge in [-0.05, 0) is 35.2 Å². The first-order valence-electron chi connectivity index (χ1n) is 8.40. The van der Waals surface area contributed by atoms with Crippen LogP contribution in [0.5, 0.6) is 0 Å². The molecule has 0 bridgehead atoms. The molecule has 1 fully saturated rings. The highest BCUT2D eigenvalue weighted by molar-refractivity contribution is 5.87. The predicted molar refractivity (Wildman–Crippen MR) is 93.2 cm³/mol. The van der Waals surface area contributed by atoms with Crippen LogP contribution in [0.1, 0.15) is 40.1 Å². The van der Waals surface area contributed by atoms with Crippen LogP contribution < -0.4 is 0 Å². The fraction of sp³-hybridized carbons (Fsp3) is 0.350. The van der Waals surface area contributed by atoms with Crippen molar-refractivity contribution in [3.8, 4) is 0 Å². The summed E-state index contributed by atoms with van der Waals surface area (Å²) in [5.74, 6) is -0.882. The maximum Gasteiger partial charge on any atom is 0.335 e. The van der Waals surface area contributed by atoms with Crippen molar-refractivity contribution in [3.63, 3.8) is 0 Å². The van der Waals surface area contributed by atoms with Gasteiger partial charge in [0.15, 0.2) is 0 Å². The molecule has 24 heavy (non-hydrogen) atoms. The number of hydrogen-bond donors (Lipinski definition) is 1.